The van der Waals surface area contributed by atoms with Crippen LogP contribution in [0.15, 0.2) is 48.8 Å². The molecule has 33 heavy (non-hydrogen) atoms. The van der Waals surface area contributed by atoms with E-state index in [2.05, 4.69) is 5.32 Å². The number of esters is 1. The van der Waals surface area contributed by atoms with Crippen molar-refractivity contribution in [3.05, 3.63) is 65.7 Å². The Labute approximate surface area is 193 Å². The van der Waals surface area contributed by atoms with Gasteiger partial charge < -0.3 is 18.6 Å². The summed E-state index contributed by atoms with van der Waals surface area (Å²) in [6.07, 6.45) is 3.29. The first-order chi connectivity index (χ1) is 15.5. The van der Waals surface area contributed by atoms with Gasteiger partial charge in [-0.1, -0.05) is 12.1 Å². The number of aryl methyl sites for hydroxylation is 2. The van der Waals surface area contributed by atoms with E-state index in [0.29, 0.717) is 17.1 Å². The van der Waals surface area contributed by atoms with E-state index in [9.17, 15) is 14.4 Å². The Kier molecular flexibility index (Phi) is 6.76. The molecular weight excluding hydrogens is 422 g/mol. The van der Waals surface area contributed by atoms with Crippen LogP contribution in [0.5, 0.6) is 0 Å². The lowest BCUT2D eigenvalue weighted by molar-refractivity contribution is 0.0587. The summed E-state index contributed by atoms with van der Waals surface area (Å²) < 4.78 is 13.5. The molecule has 0 saturated carbocycles. The zero-order chi connectivity index (χ0) is 24.3. The number of ether oxygens (including phenoxy) is 2. The van der Waals surface area contributed by atoms with E-state index in [0.717, 1.165) is 16.7 Å². The van der Waals surface area contributed by atoms with Crippen LogP contribution in [-0.4, -0.2) is 39.7 Å². The van der Waals surface area contributed by atoms with Crippen molar-refractivity contribution in [2.45, 2.75) is 32.8 Å². The van der Waals surface area contributed by atoms with Crippen LogP contribution in [0.4, 0.5) is 10.5 Å². The summed E-state index contributed by atoms with van der Waals surface area (Å²) >= 11 is 0. The van der Waals surface area contributed by atoms with Crippen LogP contribution >= 0.6 is 0 Å². The molecule has 2 heterocycles. The number of Topliss-reactive ketones (excluding diaryl/α,β-unsaturated/α-hetero) is 1. The molecule has 174 valence electrons. The number of aromatic nitrogens is 2. The molecule has 2 aromatic heterocycles. The highest BCUT2D eigenvalue weighted by molar-refractivity contribution is 5.98. The molecule has 3 aromatic rings. The van der Waals surface area contributed by atoms with Crippen LogP contribution in [0.3, 0.4) is 0 Å². The fraction of sp³-hybridized carbons (Fsp3) is 0.320. The smallest absolute Gasteiger partial charge is 0.412 e. The van der Waals surface area contributed by atoms with Crippen molar-refractivity contribution in [3.63, 3.8) is 0 Å². The molecule has 0 saturated heterocycles. The molecular formula is C25H29N3O5. The number of benzene rings is 1. The number of methoxy groups -OCH3 is 1. The van der Waals surface area contributed by atoms with E-state index in [4.69, 9.17) is 9.47 Å². The highest BCUT2D eigenvalue weighted by atomic mass is 16.6. The van der Waals surface area contributed by atoms with Crippen LogP contribution in [-0.2, 0) is 30.0 Å². The van der Waals surface area contributed by atoms with Crippen LogP contribution in [0.25, 0.3) is 11.1 Å². The largest absolute Gasteiger partial charge is 0.464 e. The zero-order valence-electron chi connectivity index (χ0n) is 19.8. The molecule has 0 fully saturated rings. The Bertz CT molecular complexity index is 1180. The minimum Gasteiger partial charge on any atom is -0.464 e. The van der Waals surface area contributed by atoms with Gasteiger partial charge in [-0.15, -0.1) is 0 Å². The topological polar surface area (TPSA) is 91.6 Å². The third-order valence-corrected chi connectivity index (χ3v) is 4.97. The van der Waals surface area contributed by atoms with Crippen LogP contribution in [0, 0.1) is 0 Å². The molecule has 1 aromatic carbocycles. The lowest BCUT2D eigenvalue weighted by atomic mass is 10.1. The molecule has 8 nitrogen and oxygen atoms in total. The zero-order valence-corrected chi connectivity index (χ0v) is 19.8. The van der Waals surface area contributed by atoms with Crippen LogP contribution in [0.1, 0.15) is 47.3 Å². The molecule has 8 heteroatoms. The molecule has 0 atom stereocenters. The van der Waals surface area contributed by atoms with Crippen LogP contribution in [0.2, 0.25) is 0 Å². The molecule has 1 amide bonds. The highest BCUT2D eigenvalue weighted by Crippen LogP contribution is 2.25. The first kappa shape index (κ1) is 23.8. The normalized spacial score (nSPS) is 11.2. The van der Waals surface area contributed by atoms with Gasteiger partial charge in [-0.2, -0.15) is 0 Å². The number of nitrogens with zero attached hydrogens (tertiary/aromatic N) is 2. The fourth-order valence-corrected chi connectivity index (χ4v) is 3.48. The predicted molar refractivity (Wildman–Crippen MR) is 125 cm³/mol. The fourth-order valence-electron chi connectivity index (χ4n) is 3.48. The summed E-state index contributed by atoms with van der Waals surface area (Å²) in [4.78, 5) is 36.7. The summed E-state index contributed by atoms with van der Waals surface area (Å²) in [5.74, 6) is -0.504. The minimum atomic E-state index is -0.572. The molecule has 0 aliphatic heterocycles. The minimum absolute atomic E-state index is 0.0611. The van der Waals surface area contributed by atoms with Gasteiger partial charge in [0.05, 0.1) is 12.8 Å². The summed E-state index contributed by atoms with van der Waals surface area (Å²) in [5.41, 5.74) is 3.53. The van der Waals surface area contributed by atoms with Gasteiger partial charge >= 0.3 is 12.1 Å². The second-order valence-electron chi connectivity index (χ2n) is 8.87. The number of carbonyl (C=O) groups is 3. The number of ketones is 1. The maximum Gasteiger partial charge on any atom is 0.412 e. The van der Waals surface area contributed by atoms with Crippen molar-refractivity contribution in [2.75, 3.05) is 12.4 Å². The second-order valence-corrected chi connectivity index (χ2v) is 8.87. The Morgan fingerprint density at radius 3 is 2.15 bits per heavy atom. The van der Waals surface area contributed by atoms with Gasteiger partial charge in [0.25, 0.3) is 0 Å². The molecule has 1 N–H and O–H groups in total. The second kappa shape index (κ2) is 9.36. The van der Waals surface area contributed by atoms with Crippen molar-refractivity contribution in [1.82, 2.24) is 9.13 Å². The number of anilines is 1. The number of hydrogen-bond donors (Lipinski definition) is 1. The molecule has 3 rings (SSSR count). The van der Waals surface area contributed by atoms with Gasteiger partial charge in [-0.25, -0.2) is 9.59 Å². The summed E-state index contributed by atoms with van der Waals surface area (Å²) in [5, 5.41) is 2.70. The van der Waals surface area contributed by atoms with Crippen molar-refractivity contribution < 1.29 is 23.9 Å². The van der Waals surface area contributed by atoms with Gasteiger partial charge in [0.15, 0.2) is 5.78 Å². The summed E-state index contributed by atoms with van der Waals surface area (Å²) in [7, 11) is 4.88. The Balaban J connectivity index is 1.71. The molecule has 0 spiro atoms. The van der Waals surface area contributed by atoms with Gasteiger partial charge in [-0.3, -0.25) is 10.1 Å². The molecule has 0 aliphatic carbocycles. The summed E-state index contributed by atoms with van der Waals surface area (Å²) in [6.45, 7) is 5.42. The van der Waals surface area contributed by atoms with Gasteiger partial charge in [0, 0.05) is 44.2 Å². The third-order valence-electron chi connectivity index (χ3n) is 4.97. The van der Waals surface area contributed by atoms with E-state index in [1.165, 1.54) is 7.11 Å². The van der Waals surface area contributed by atoms with Gasteiger partial charge in [0.2, 0.25) is 0 Å². The lowest BCUT2D eigenvalue weighted by Crippen LogP contribution is -2.27. The van der Waals surface area contributed by atoms with Crippen molar-refractivity contribution in [1.29, 1.82) is 0 Å². The Morgan fingerprint density at radius 2 is 1.55 bits per heavy atom. The third kappa shape index (κ3) is 5.91. The predicted octanol–water partition coefficient (Wildman–Crippen LogP) is 4.59. The number of carbonyl (C=O) groups excluding carboxylic acids is 3. The maximum absolute atomic E-state index is 12.9. The first-order valence-electron chi connectivity index (χ1n) is 10.5. The maximum atomic E-state index is 12.9. The average molecular weight is 452 g/mol. The number of hydrogen-bond acceptors (Lipinski definition) is 5. The molecule has 0 bridgehead atoms. The van der Waals surface area contributed by atoms with Crippen LogP contribution < -0.4 is 5.32 Å². The van der Waals surface area contributed by atoms with E-state index >= 15 is 0 Å². The Morgan fingerprint density at radius 1 is 0.909 bits per heavy atom. The monoisotopic (exact) mass is 451 g/mol. The molecule has 0 aliphatic rings. The lowest BCUT2D eigenvalue weighted by Gasteiger charge is -2.19. The quantitative estimate of drug-likeness (QED) is 0.437. The number of rotatable bonds is 6. The van der Waals surface area contributed by atoms with E-state index in [1.54, 1.807) is 61.3 Å². The summed E-state index contributed by atoms with van der Waals surface area (Å²) in [6, 6.07) is 10.8. The number of nitrogens with one attached hydrogen (secondary N) is 1. The molecule has 0 unspecified atom stereocenters. The van der Waals surface area contributed by atoms with E-state index in [-0.39, 0.29) is 12.2 Å². The Hall–Kier alpha value is -3.81. The highest BCUT2D eigenvalue weighted by Gasteiger charge is 2.18. The SMILES string of the molecule is COC(=O)c1cc(CC(=O)c2cc(-c3ccc(NC(=O)OC(C)(C)C)cc3)cn2C)cn1C. The first-order valence-corrected chi connectivity index (χ1v) is 10.5. The van der Waals surface area contributed by atoms with E-state index in [1.807, 2.05) is 31.4 Å². The van der Waals surface area contributed by atoms with Gasteiger partial charge in [-0.05, 0) is 56.2 Å². The van der Waals surface area contributed by atoms with Crippen molar-refractivity contribution >= 4 is 23.5 Å². The molecule has 0 radical (unpaired) electrons. The van der Waals surface area contributed by atoms with Crippen molar-refractivity contribution in [2.24, 2.45) is 14.1 Å². The van der Waals surface area contributed by atoms with Crippen molar-refractivity contribution in [3.8, 4) is 11.1 Å². The average Bonchev–Trinajstić information content (AvgIpc) is 3.29. The standard InChI is InChI=1S/C25H29N3O5/c1-25(2,3)33-24(31)26-19-9-7-17(8-10-19)18-13-20(28(5)15-18)22(29)12-16-11-21(23(30)32-6)27(4)14-16/h7-11,13-15H,12H2,1-6H3,(H,26,31). The van der Waals surface area contributed by atoms with E-state index < -0.39 is 17.7 Å². The number of amides is 1. The van der Waals surface area contributed by atoms with Gasteiger partial charge in [0.1, 0.15) is 11.3 Å².